The Bertz CT molecular complexity index is 1410. The van der Waals surface area contributed by atoms with Crippen LogP contribution in [0.2, 0.25) is 0 Å². The molecule has 2 aromatic carbocycles. The van der Waals surface area contributed by atoms with E-state index in [4.69, 9.17) is 4.98 Å². The number of fused-ring (bicyclic) bond motifs is 2. The Morgan fingerprint density at radius 1 is 0.973 bits per heavy atom. The minimum atomic E-state index is 0.312. The molecule has 1 aliphatic carbocycles. The second kappa shape index (κ2) is 10.7. The molecule has 0 fully saturated rings. The van der Waals surface area contributed by atoms with E-state index < -0.39 is 0 Å². The highest BCUT2D eigenvalue weighted by Gasteiger charge is 2.26. The minimum Gasteiger partial charge on any atom is -0.348 e. The number of aromatic amines is 2. The molecule has 7 heteroatoms. The van der Waals surface area contributed by atoms with Crippen LogP contribution in [-0.4, -0.2) is 43.1 Å². The summed E-state index contributed by atoms with van der Waals surface area (Å²) in [4.78, 5) is 23.2. The average Bonchev–Trinajstić information content (AvgIpc) is 3.54. The maximum absolute atomic E-state index is 4.87. The first kappa shape index (κ1) is 23.6. The SMILES string of the molecule is Cc1nc(CNCc2ccc(CN(Cc3nc4ccccc4[nH]3)C3C=C4C=CC=NC4CC3)cc2)c[nH]1. The van der Waals surface area contributed by atoms with Crippen molar-refractivity contribution >= 4 is 17.2 Å². The summed E-state index contributed by atoms with van der Waals surface area (Å²) in [5.74, 6) is 1.96. The van der Waals surface area contributed by atoms with Crippen molar-refractivity contribution in [2.24, 2.45) is 4.99 Å². The molecule has 0 saturated carbocycles. The summed E-state index contributed by atoms with van der Waals surface area (Å²) < 4.78 is 0. The molecule has 6 rings (SSSR count). The highest BCUT2D eigenvalue weighted by atomic mass is 15.2. The summed E-state index contributed by atoms with van der Waals surface area (Å²) in [6, 6.07) is 17.9. The molecule has 0 saturated heterocycles. The zero-order valence-electron chi connectivity index (χ0n) is 21.2. The number of dihydropyridines is 1. The van der Waals surface area contributed by atoms with Crippen LogP contribution >= 0.6 is 0 Å². The van der Waals surface area contributed by atoms with E-state index in [-0.39, 0.29) is 0 Å². The number of para-hydroxylation sites is 2. The number of imidazole rings is 2. The van der Waals surface area contributed by atoms with Gasteiger partial charge in [0.25, 0.3) is 0 Å². The van der Waals surface area contributed by atoms with Gasteiger partial charge < -0.3 is 15.3 Å². The highest BCUT2D eigenvalue weighted by Crippen LogP contribution is 2.29. The molecular weight excluding hydrogens is 458 g/mol. The lowest BCUT2D eigenvalue weighted by Gasteiger charge is -2.34. The minimum absolute atomic E-state index is 0.312. The van der Waals surface area contributed by atoms with E-state index in [0.29, 0.717) is 12.1 Å². The van der Waals surface area contributed by atoms with Crippen molar-refractivity contribution in [1.82, 2.24) is 30.2 Å². The second-order valence-electron chi connectivity index (χ2n) is 9.99. The van der Waals surface area contributed by atoms with Crippen LogP contribution in [0.1, 0.15) is 41.3 Å². The Morgan fingerprint density at radius 3 is 2.68 bits per heavy atom. The number of benzene rings is 2. The summed E-state index contributed by atoms with van der Waals surface area (Å²) in [7, 11) is 0. The number of hydrogen-bond donors (Lipinski definition) is 3. The van der Waals surface area contributed by atoms with Crippen LogP contribution < -0.4 is 5.32 Å². The molecule has 3 N–H and O–H groups in total. The van der Waals surface area contributed by atoms with E-state index in [1.54, 1.807) is 0 Å². The van der Waals surface area contributed by atoms with Crippen molar-refractivity contribution in [3.8, 4) is 0 Å². The Kier molecular flexibility index (Phi) is 6.80. The van der Waals surface area contributed by atoms with Crippen molar-refractivity contribution in [2.45, 2.75) is 58.0 Å². The molecule has 0 amide bonds. The van der Waals surface area contributed by atoms with E-state index in [1.807, 2.05) is 31.5 Å². The van der Waals surface area contributed by atoms with Gasteiger partial charge in [-0.2, -0.15) is 0 Å². The Balaban J connectivity index is 1.16. The van der Waals surface area contributed by atoms with Gasteiger partial charge in [0, 0.05) is 38.1 Å². The van der Waals surface area contributed by atoms with E-state index in [9.17, 15) is 0 Å². The van der Waals surface area contributed by atoms with E-state index in [2.05, 4.69) is 84.8 Å². The molecule has 2 aromatic heterocycles. The van der Waals surface area contributed by atoms with Crippen molar-refractivity contribution in [2.75, 3.05) is 0 Å². The number of aliphatic imine (C=N–C) groups is 1. The number of allylic oxidation sites excluding steroid dienone is 1. The number of rotatable bonds is 9. The highest BCUT2D eigenvalue weighted by molar-refractivity contribution is 5.75. The molecule has 2 atom stereocenters. The first-order chi connectivity index (χ1) is 18.2. The van der Waals surface area contributed by atoms with Crippen LogP contribution in [0.25, 0.3) is 11.0 Å². The van der Waals surface area contributed by atoms with Crippen LogP contribution in [0.4, 0.5) is 0 Å². The fraction of sp³-hybridized carbons (Fsp3) is 0.300. The van der Waals surface area contributed by atoms with Gasteiger partial charge in [0.15, 0.2) is 0 Å². The van der Waals surface area contributed by atoms with Crippen molar-refractivity contribution in [3.05, 3.63) is 107 Å². The van der Waals surface area contributed by atoms with Gasteiger partial charge >= 0.3 is 0 Å². The quantitative estimate of drug-likeness (QED) is 0.308. The summed E-state index contributed by atoms with van der Waals surface area (Å²) in [5.41, 5.74) is 7.06. The van der Waals surface area contributed by atoms with Gasteiger partial charge in [0.05, 0.1) is 29.3 Å². The molecule has 37 heavy (non-hydrogen) atoms. The molecule has 188 valence electrons. The first-order valence-corrected chi connectivity index (χ1v) is 13.1. The maximum atomic E-state index is 4.87. The van der Waals surface area contributed by atoms with Crippen LogP contribution in [-0.2, 0) is 26.2 Å². The van der Waals surface area contributed by atoms with Crippen LogP contribution in [0.15, 0.2) is 83.5 Å². The summed E-state index contributed by atoms with van der Waals surface area (Å²) in [6.07, 6.45) is 12.7. The molecular formula is C30H33N7. The predicted molar refractivity (Wildman–Crippen MR) is 148 cm³/mol. The van der Waals surface area contributed by atoms with Gasteiger partial charge in [0.2, 0.25) is 0 Å². The van der Waals surface area contributed by atoms with Crippen molar-refractivity contribution in [3.63, 3.8) is 0 Å². The molecule has 1 aliphatic heterocycles. The molecule has 0 bridgehead atoms. The molecule has 3 heterocycles. The molecule has 2 unspecified atom stereocenters. The molecule has 0 spiro atoms. The molecule has 4 aromatic rings. The monoisotopic (exact) mass is 491 g/mol. The fourth-order valence-corrected chi connectivity index (χ4v) is 5.29. The summed E-state index contributed by atoms with van der Waals surface area (Å²) in [6.45, 7) is 5.18. The molecule has 7 nitrogen and oxygen atoms in total. The fourth-order valence-electron chi connectivity index (χ4n) is 5.29. The number of aryl methyl sites for hydroxylation is 1. The normalized spacial score (nSPS) is 18.9. The maximum Gasteiger partial charge on any atom is 0.121 e. The number of nitrogens with zero attached hydrogens (tertiary/aromatic N) is 4. The van der Waals surface area contributed by atoms with Crippen molar-refractivity contribution in [1.29, 1.82) is 0 Å². The predicted octanol–water partition coefficient (Wildman–Crippen LogP) is 4.98. The average molecular weight is 492 g/mol. The van der Waals surface area contributed by atoms with Crippen LogP contribution in [0, 0.1) is 6.92 Å². The summed E-state index contributed by atoms with van der Waals surface area (Å²) >= 11 is 0. The number of H-pyrrole nitrogens is 2. The van der Waals surface area contributed by atoms with E-state index >= 15 is 0 Å². The van der Waals surface area contributed by atoms with E-state index in [1.165, 1.54) is 16.7 Å². The van der Waals surface area contributed by atoms with Gasteiger partial charge in [-0.3, -0.25) is 9.89 Å². The van der Waals surface area contributed by atoms with Gasteiger partial charge in [-0.1, -0.05) is 48.6 Å². The van der Waals surface area contributed by atoms with Crippen molar-refractivity contribution < 1.29 is 0 Å². The Hall–Kier alpha value is -3.81. The zero-order chi connectivity index (χ0) is 25.0. The number of hydrogen-bond acceptors (Lipinski definition) is 5. The van der Waals surface area contributed by atoms with Gasteiger partial charge in [0.1, 0.15) is 11.6 Å². The van der Waals surface area contributed by atoms with E-state index in [0.717, 1.165) is 67.4 Å². The van der Waals surface area contributed by atoms with Gasteiger partial charge in [-0.25, -0.2) is 9.97 Å². The third kappa shape index (κ3) is 5.63. The lowest BCUT2D eigenvalue weighted by molar-refractivity contribution is 0.188. The largest absolute Gasteiger partial charge is 0.348 e. The molecule has 0 radical (unpaired) electrons. The van der Waals surface area contributed by atoms with Gasteiger partial charge in [-0.05, 0) is 54.7 Å². The second-order valence-corrected chi connectivity index (χ2v) is 9.99. The number of aromatic nitrogens is 4. The third-order valence-electron chi connectivity index (χ3n) is 7.21. The van der Waals surface area contributed by atoms with Crippen LogP contribution in [0.3, 0.4) is 0 Å². The zero-order valence-corrected chi connectivity index (χ0v) is 21.2. The molecule has 2 aliphatic rings. The summed E-state index contributed by atoms with van der Waals surface area (Å²) in [5, 5.41) is 3.48. The Labute approximate surface area is 217 Å². The topological polar surface area (TPSA) is 85.0 Å². The lowest BCUT2D eigenvalue weighted by Crippen LogP contribution is -2.37. The Morgan fingerprint density at radius 2 is 1.84 bits per heavy atom. The lowest BCUT2D eigenvalue weighted by atomic mass is 9.89. The smallest absolute Gasteiger partial charge is 0.121 e. The first-order valence-electron chi connectivity index (χ1n) is 13.1. The standard InChI is InChI=1S/C30H33N7/c1-21-33-18-25(34-21)17-31-16-22-8-10-23(11-9-22)19-37(20-30-35-28-6-2-3-7-29(28)36-30)26-12-13-27-24(15-26)5-4-14-32-27/h2-11,14-15,18,26-27,31H,12-13,16-17,19-20H2,1H3,(H,33,34)(H,35,36). The number of nitrogens with one attached hydrogen (secondary N) is 3. The third-order valence-corrected chi connectivity index (χ3v) is 7.21. The van der Waals surface area contributed by atoms with Gasteiger partial charge in [-0.15, -0.1) is 0 Å². The van der Waals surface area contributed by atoms with Crippen LogP contribution in [0.5, 0.6) is 0 Å².